The molecule has 1 aliphatic rings. The van der Waals surface area contributed by atoms with Crippen molar-refractivity contribution in [2.45, 2.75) is 51.2 Å². The summed E-state index contributed by atoms with van der Waals surface area (Å²) in [4.78, 5) is 0. The van der Waals surface area contributed by atoms with E-state index in [1.165, 1.54) is 18.4 Å². The normalized spacial score (nSPS) is 31.4. The van der Waals surface area contributed by atoms with Crippen LogP contribution in [0.15, 0.2) is 16.8 Å². The van der Waals surface area contributed by atoms with Crippen molar-refractivity contribution >= 4 is 11.3 Å². The van der Waals surface area contributed by atoms with Gasteiger partial charge in [-0.3, -0.25) is 0 Å². The first-order chi connectivity index (χ1) is 8.18. The van der Waals surface area contributed by atoms with Gasteiger partial charge in [0.25, 0.3) is 0 Å². The predicted octanol–water partition coefficient (Wildman–Crippen LogP) is 3.73. The molecule has 0 aromatic carbocycles. The van der Waals surface area contributed by atoms with Crippen molar-refractivity contribution in [1.82, 2.24) is 0 Å². The summed E-state index contributed by atoms with van der Waals surface area (Å²) >= 11 is 1.71. The maximum atomic E-state index is 6.48. The zero-order valence-corrected chi connectivity index (χ0v) is 11.6. The quantitative estimate of drug-likeness (QED) is 0.887. The van der Waals surface area contributed by atoms with E-state index in [9.17, 15) is 0 Å². The molecular weight excluding hydrogens is 230 g/mol. The number of nitrogens with two attached hydrogens (primary N) is 1. The van der Waals surface area contributed by atoms with Gasteiger partial charge in [-0.05, 0) is 48.1 Å². The van der Waals surface area contributed by atoms with Crippen LogP contribution < -0.4 is 5.73 Å². The molecule has 3 unspecified atom stereocenters. The number of hydrogen-bond donors (Lipinski definition) is 1. The van der Waals surface area contributed by atoms with Crippen LogP contribution in [0.25, 0.3) is 0 Å². The van der Waals surface area contributed by atoms with Gasteiger partial charge in [-0.1, -0.05) is 19.8 Å². The van der Waals surface area contributed by atoms with Crippen LogP contribution in [0.3, 0.4) is 0 Å². The lowest BCUT2D eigenvalue weighted by atomic mass is 9.73. The van der Waals surface area contributed by atoms with Crippen molar-refractivity contribution in [3.05, 3.63) is 22.4 Å². The first kappa shape index (κ1) is 13.1. The molecule has 0 bridgehead atoms. The molecule has 3 heteroatoms. The summed E-state index contributed by atoms with van der Waals surface area (Å²) in [5.41, 5.74) is 7.58. The molecule has 1 aromatic heterocycles. The van der Waals surface area contributed by atoms with Crippen LogP contribution in [-0.2, 0) is 4.74 Å². The summed E-state index contributed by atoms with van der Waals surface area (Å²) < 4.78 is 6.11. The van der Waals surface area contributed by atoms with Gasteiger partial charge in [-0.2, -0.15) is 11.3 Å². The van der Waals surface area contributed by atoms with Gasteiger partial charge in [0.2, 0.25) is 0 Å². The van der Waals surface area contributed by atoms with E-state index < -0.39 is 0 Å². The molecule has 2 nitrogen and oxygen atoms in total. The van der Waals surface area contributed by atoms with E-state index in [4.69, 9.17) is 10.5 Å². The lowest BCUT2D eigenvalue weighted by Crippen LogP contribution is -2.47. The topological polar surface area (TPSA) is 35.2 Å². The van der Waals surface area contributed by atoms with Crippen LogP contribution in [-0.4, -0.2) is 12.2 Å². The summed E-state index contributed by atoms with van der Waals surface area (Å²) in [6.45, 7) is 5.14. The van der Waals surface area contributed by atoms with E-state index in [-0.39, 0.29) is 11.6 Å². The Morgan fingerprint density at radius 1 is 1.65 bits per heavy atom. The summed E-state index contributed by atoms with van der Waals surface area (Å²) in [6.07, 6.45) is 4.74. The summed E-state index contributed by atoms with van der Waals surface area (Å²) in [5.74, 6) is 0.722. The van der Waals surface area contributed by atoms with E-state index in [0.29, 0.717) is 0 Å². The van der Waals surface area contributed by atoms with Crippen LogP contribution in [0.1, 0.15) is 51.1 Å². The molecule has 1 aromatic rings. The Morgan fingerprint density at radius 2 is 2.47 bits per heavy atom. The highest BCUT2D eigenvalue weighted by molar-refractivity contribution is 7.07. The maximum Gasteiger partial charge on any atom is 0.0876 e. The molecule has 1 aliphatic carbocycles. The Kier molecular flexibility index (Phi) is 4.23. The zero-order valence-electron chi connectivity index (χ0n) is 10.8. The van der Waals surface area contributed by atoms with E-state index in [2.05, 4.69) is 30.7 Å². The van der Waals surface area contributed by atoms with Crippen molar-refractivity contribution in [2.24, 2.45) is 11.7 Å². The minimum absolute atomic E-state index is 0.0245. The van der Waals surface area contributed by atoms with Crippen molar-refractivity contribution in [3.8, 4) is 0 Å². The van der Waals surface area contributed by atoms with E-state index in [1.807, 2.05) is 0 Å². The maximum absolute atomic E-state index is 6.48. The van der Waals surface area contributed by atoms with Crippen LogP contribution >= 0.6 is 11.3 Å². The van der Waals surface area contributed by atoms with Gasteiger partial charge in [-0.25, -0.2) is 0 Å². The highest BCUT2D eigenvalue weighted by Gasteiger charge is 2.41. The predicted molar refractivity (Wildman–Crippen MR) is 73.2 cm³/mol. The summed E-state index contributed by atoms with van der Waals surface area (Å²) in [5, 5.41) is 4.26. The van der Waals surface area contributed by atoms with Crippen molar-refractivity contribution < 1.29 is 4.74 Å². The van der Waals surface area contributed by atoms with Crippen LogP contribution in [0, 0.1) is 5.92 Å². The summed E-state index contributed by atoms with van der Waals surface area (Å²) in [7, 11) is 0. The Labute approximate surface area is 108 Å². The second-order valence-corrected chi connectivity index (χ2v) is 6.01. The third-order valence-electron chi connectivity index (χ3n) is 3.89. The van der Waals surface area contributed by atoms with Gasteiger partial charge < -0.3 is 10.5 Å². The molecule has 96 valence electrons. The van der Waals surface area contributed by atoms with Crippen LogP contribution in [0.5, 0.6) is 0 Å². The molecule has 0 amide bonds. The smallest absolute Gasteiger partial charge is 0.0876 e. The Bertz CT molecular complexity index is 334. The Morgan fingerprint density at radius 3 is 3.06 bits per heavy atom. The zero-order chi connectivity index (χ0) is 12.3. The number of rotatable bonds is 4. The third-order valence-corrected chi connectivity index (χ3v) is 4.59. The van der Waals surface area contributed by atoms with Gasteiger partial charge in [0, 0.05) is 6.61 Å². The first-order valence-electron chi connectivity index (χ1n) is 6.59. The van der Waals surface area contributed by atoms with Crippen molar-refractivity contribution in [2.75, 3.05) is 6.61 Å². The molecule has 0 spiro atoms. The molecule has 17 heavy (non-hydrogen) atoms. The monoisotopic (exact) mass is 253 g/mol. The molecule has 0 saturated heterocycles. The molecule has 2 rings (SSSR count). The number of thiophene rings is 1. The average Bonchev–Trinajstić information content (AvgIpc) is 2.81. The SMILES string of the molecule is CCOC1(C(N)c2ccsc2)CCCC(C)C1. The van der Waals surface area contributed by atoms with E-state index >= 15 is 0 Å². The van der Waals surface area contributed by atoms with Crippen LogP contribution in [0.4, 0.5) is 0 Å². The minimum Gasteiger partial charge on any atom is -0.373 e. The highest BCUT2D eigenvalue weighted by atomic mass is 32.1. The fourth-order valence-electron chi connectivity index (χ4n) is 3.09. The van der Waals surface area contributed by atoms with Crippen LogP contribution in [0.2, 0.25) is 0 Å². The van der Waals surface area contributed by atoms with Gasteiger partial charge in [0.1, 0.15) is 0 Å². The molecule has 1 saturated carbocycles. The molecule has 0 aliphatic heterocycles. The Hall–Kier alpha value is -0.380. The van der Waals surface area contributed by atoms with E-state index in [1.54, 1.807) is 11.3 Å². The van der Waals surface area contributed by atoms with Crippen molar-refractivity contribution in [3.63, 3.8) is 0 Å². The largest absolute Gasteiger partial charge is 0.373 e. The van der Waals surface area contributed by atoms with Gasteiger partial charge in [0.15, 0.2) is 0 Å². The fraction of sp³-hybridized carbons (Fsp3) is 0.714. The highest BCUT2D eigenvalue weighted by Crippen LogP contribution is 2.42. The number of hydrogen-bond acceptors (Lipinski definition) is 3. The molecule has 1 fully saturated rings. The number of ether oxygens (including phenoxy) is 1. The Balaban J connectivity index is 2.20. The first-order valence-corrected chi connectivity index (χ1v) is 7.54. The summed E-state index contributed by atoms with van der Waals surface area (Å²) in [6, 6.07) is 2.16. The third kappa shape index (κ3) is 2.72. The second kappa shape index (κ2) is 5.51. The van der Waals surface area contributed by atoms with Gasteiger partial charge in [0.05, 0.1) is 11.6 Å². The minimum atomic E-state index is -0.131. The molecule has 2 N–H and O–H groups in total. The second-order valence-electron chi connectivity index (χ2n) is 5.23. The van der Waals surface area contributed by atoms with Gasteiger partial charge >= 0.3 is 0 Å². The fourth-order valence-corrected chi connectivity index (χ4v) is 3.79. The molecule has 1 heterocycles. The van der Waals surface area contributed by atoms with Crippen molar-refractivity contribution in [1.29, 1.82) is 0 Å². The average molecular weight is 253 g/mol. The molecular formula is C14H23NOS. The van der Waals surface area contributed by atoms with Gasteiger partial charge in [-0.15, -0.1) is 0 Å². The van der Waals surface area contributed by atoms with E-state index in [0.717, 1.165) is 25.4 Å². The standard InChI is InChI=1S/C14H23NOS/c1-3-16-14(7-4-5-11(2)9-14)13(15)12-6-8-17-10-12/h6,8,10-11,13H,3-5,7,9,15H2,1-2H3. The lowest BCUT2D eigenvalue weighted by Gasteiger charge is -2.43. The lowest BCUT2D eigenvalue weighted by molar-refractivity contribution is -0.0937. The molecule has 3 atom stereocenters. The molecule has 0 radical (unpaired) electrons.